The molecule has 0 atom stereocenters. The highest BCUT2D eigenvalue weighted by molar-refractivity contribution is 6.32. The summed E-state index contributed by atoms with van der Waals surface area (Å²) in [5.41, 5.74) is 5.69. The lowest BCUT2D eigenvalue weighted by Gasteiger charge is -2.10. The van der Waals surface area contributed by atoms with Crippen molar-refractivity contribution in [2.24, 2.45) is 0 Å². The van der Waals surface area contributed by atoms with Gasteiger partial charge in [0.05, 0.1) is 0 Å². The highest BCUT2D eigenvalue weighted by Gasteiger charge is 2.05. The molecule has 19 heavy (non-hydrogen) atoms. The minimum Gasteiger partial charge on any atom is -0.0966 e. The average molecular weight is 240 g/mol. The van der Waals surface area contributed by atoms with Gasteiger partial charge in [-0.3, -0.25) is 0 Å². The zero-order valence-electron chi connectivity index (χ0n) is 10.6. The molecule has 0 nitrogen and oxygen atoms in total. The minimum atomic E-state index is 0.793. The Morgan fingerprint density at radius 1 is 0.474 bits per heavy atom. The number of hydrogen-bond donors (Lipinski definition) is 0. The van der Waals surface area contributed by atoms with Crippen LogP contribution in [0.4, 0.5) is 0 Å². The summed E-state index contributed by atoms with van der Waals surface area (Å²) in [6.07, 6.45) is 0. The molecule has 0 spiro atoms. The number of hydrogen-bond acceptors (Lipinski definition) is 0. The summed E-state index contributed by atoms with van der Waals surface area (Å²) in [4.78, 5) is 0. The molecular formula is C18H13B. The first-order valence-electron chi connectivity index (χ1n) is 6.35. The van der Waals surface area contributed by atoms with Crippen molar-refractivity contribution in [2.75, 3.05) is 0 Å². The third-order valence-electron chi connectivity index (χ3n) is 3.23. The van der Waals surface area contributed by atoms with E-state index in [0.717, 1.165) is 5.46 Å². The first-order chi connectivity index (χ1) is 9.34. The molecule has 0 saturated heterocycles. The molecule has 0 unspecified atom stereocenters. The second-order valence-corrected chi connectivity index (χ2v) is 4.53. The molecule has 1 heteroatoms. The van der Waals surface area contributed by atoms with Gasteiger partial charge in [-0.05, 0) is 22.3 Å². The zero-order valence-corrected chi connectivity index (χ0v) is 10.6. The fourth-order valence-electron chi connectivity index (χ4n) is 2.27. The molecule has 0 aliphatic rings. The Morgan fingerprint density at radius 3 is 1.53 bits per heavy atom. The summed E-state index contributed by atoms with van der Waals surface area (Å²) in [5.74, 6) is 0. The lowest BCUT2D eigenvalue weighted by atomic mass is 9.91. The highest BCUT2D eigenvalue weighted by atomic mass is 14.1. The maximum atomic E-state index is 5.75. The maximum Gasteiger partial charge on any atom is 0.113 e. The third kappa shape index (κ3) is 2.46. The molecule has 2 radical (unpaired) electrons. The monoisotopic (exact) mass is 240 g/mol. The first-order valence-corrected chi connectivity index (χ1v) is 6.35. The standard InChI is InChI=1S/C18H13B/c19-16-12-10-15(11-13-16)18-9-5-4-8-17(18)14-6-2-1-3-7-14/h1-13H. The van der Waals surface area contributed by atoms with Gasteiger partial charge in [-0.25, -0.2) is 0 Å². The Hall–Kier alpha value is -2.28. The molecular weight excluding hydrogens is 227 g/mol. The van der Waals surface area contributed by atoms with E-state index >= 15 is 0 Å². The Labute approximate surface area is 115 Å². The largest absolute Gasteiger partial charge is 0.113 e. The second kappa shape index (κ2) is 5.15. The molecule has 88 valence electrons. The summed E-state index contributed by atoms with van der Waals surface area (Å²) < 4.78 is 0. The summed E-state index contributed by atoms with van der Waals surface area (Å²) in [6, 6.07) is 26.9. The highest BCUT2D eigenvalue weighted by Crippen LogP contribution is 2.31. The van der Waals surface area contributed by atoms with Gasteiger partial charge in [0.2, 0.25) is 0 Å². The van der Waals surface area contributed by atoms with Crippen molar-refractivity contribution >= 4 is 13.3 Å². The van der Waals surface area contributed by atoms with Crippen molar-refractivity contribution in [3.05, 3.63) is 78.9 Å². The van der Waals surface area contributed by atoms with Crippen molar-refractivity contribution in [1.82, 2.24) is 0 Å². The van der Waals surface area contributed by atoms with Crippen LogP contribution in [-0.4, -0.2) is 7.85 Å². The summed E-state index contributed by atoms with van der Waals surface area (Å²) in [5, 5.41) is 0. The smallest absolute Gasteiger partial charge is 0.0966 e. The lowest BCUT2D eigenvalue weighted by molar-refractivity contribution is 1.59. The van der Waals surface area contributed by atoms with E-state index in [9.17, 15) is 0 Å². The van der Waals surface area contributed by atoms with E-state index in [4.69, 9.17) is 7.85 Å². The van der Waals surface area contributed by atoms with Crippen LogP contribution in [0.25, 0.3) is 22.3 Å². The van der Waals surface area contributed by atoms with Gasteiger partial charge in [-0.2, -0.15) is 0 Å². The second-order valence-electron chi connectivity index (χ2n) is 4.53. The molecule has 0 amide bonds. The molecule has 3 aromatic carbocycles. The number of benzene rings is 3. The average Bonchev–Trinajstić information content (AvgIpc) is 2.49. The molecule has 0 fully saturated rings. The molecule has 0 aliphatic carbocycles. The molecule has 0 N–H and O–H groups in total. The van der Waals surface area contributed by atoms with Crippen LogP contribution in [0.15, 0.2) is 78.9 Å². The van der Waals surface area contributed by atoms with Crippen LogP contribution >= 0.6 is 0 Å². The van der Waals surface area contributed by atoms with E-state index in [2.05, 4.69) is 60.7 Å². The SMILES string of the molecule is [B]c1ccc(-c2ccccc2-c2ccccc2)cc1. The van der Waals surface area contributed by atoms with Crippen molar-refractivity contribution in [3.8, 4) is 22.3 Å². The van der Waals surface area contributed by atoms with Crippen LogP contribution in [0, 0.1) is 0 Å². The van der Waals surface area contributed by atoms with Gasteiger partial charge in [0.15, 0.2) is 0 Å². The van der Waals surface area contributed by atoms with E-state index < -0.39 is 0 Å². The van der Waals surface area contributed by atoms with Gasteiger partial charge in [-0.1, -0.05) is 84.3 Å². The molecule has 0 aliphatic heterocycles. The normalized spacial score (nSPS) is 10.3. The molecule has 3 aromatic rings. The van der Waals surface area contributed by atoms with Gasteiger partial charge in [-0.15, -0.1) is 0 Å². The summed E-state index contributed by atoms with van der Waals surface area (Å²) in [7, 11) is 5.75. The van der Waals surface area contributed by atoms with Crippen LogP contribution in [0.2, 0.25) is 0 Å². The van der Waals surface area contributed by atoms with Gasteiger partial charge < -0.3 is 0 Å². The fraction of sp³-hybridized carbons (Fsp3) is 0. The van der Waals surface area contributed by atoms with Crippen molar-refractivity contribution in [1.29, 1.82) is 0 Å². The molecule has 3 rings (SSSR count). The van der Waals surface area contributed by atoms with Crippen molar-refractivity contribution in [3.63, 3.8) is 0 Å². The van der Waals surface area contributed by atoms with E-state index in [1.165, 1.54) is 22.3 Å². The van der Waals surface area contributed by atoms with E-state index in [-0.39, 0.29) is 0 Å². The molecule has 0 heterocycles. The van der Waals surface area contributed by atoms with Crippen molar-refractivity contribution in [2.45, 2.75) is 0 Å². The van der Waals surface area contributed by atoms with Gasteiger partial charge in [0.25, 0.3) is 0 Å². The van der Waals surface area contributed by atoms with Crippen LogP contribution in [0.5, 0.6) is 0 Å². The van der Waals surface area contributed by atoms with Gasteiger partial charge in [0, 0.05) is 0 Å². The Balaban J connectivity index is 2.15. The zero-order chi connectivity index (χ0) is 13.1. The fourth-order valence-corrected chi connectivity index (χ4v) is 2.27. The van der Waals surface area contributed by atoms with Crippen LogP contribution in [-0.2, 0) is 0 Å². The topological polar surface area (TPSA) is 0 Å². The quantitative estimate of drug-likeness (QED) is 0.597. The molecule has 0 bridgehead atoms. The van der Waals surface area contributed by atoms with E-state index in [0.29, 0.717) is 0 Å². The molecule has 0 saturated carbocycles. The summed E-state index contributed by atoms with van der Waals surface area (Å²) >= 11 is 0. The maximum absolute atomic E-state index is 5.75. The third-order valence-corrected chi connectivity index (χ3v) is 3.23. The van der Waals surface area contributed by atoms with Crippen LogP contribution in [0.3, 0.4) is 0 Å². The Kier molecular flexibility index (Phi) is 3.20. The van der Waals surface area contributed by atoms with E-state index in [1.54, 1.807) is 0 Å². The number of rotatable bonds is 2. The van der Waals surface area contributed by atoms with Crippen LogP contribution in [0.1, 0.15) is 0 Å². The molecule has 0 aromatic heterocycles. The van der Waals surface area contributed by atoms with Crippen LogP contribution < -0.4 is 5.46 Å². The first kappa shape index (κ1) is 11.8. The Morgan fingerprint density at radius 2 is 0.947 bits per heavy atom. The van der Waals surface area contributed by atoms with E-state index in [1.807, 2.05) is 18.2 Å². The predicted molar refractivity (Wildman–Crippen MR) is 82.7 cm³/mol. The van der Waals surface area contributed by atoms with Gasteiger partial charge >= 0.3 is 0 Å². The minimum absolute atomic E-state index is 0.793. The Bertz CT molecular complexity index is 670. The lowest BCUT2D eigenvalue weighted by Crippen LogP contribution is -1.99. The predicted octanol–water partition coefficient (Wildman–Crippen LogP) is 3.81. The van der Waals surface area contributed by atoms with Crippen molar-refractivity contribution < 1.29 is 0 Å². The summed E-state index contributed by atoms with van der Waals surface area (Å²) in [6.45, 7) is 0. The van der Waals surface area contributed by atoms with Gasteiger partial charge in [0.1, 0.15) is 7.85 Å².